The first-order valence-corrected chi connectivity index (χ1v) is 10.1. The molecule has 1 atom stereocenters. The molecule has 0 saturated heterocycles. The van der Waals surface area contributed by atoms with E-state index in [4.69, 9.17) is 5.26 Å². The average molecular weight is 498 g/mol. The molecule has 0 aromatic heterocycles. The Kier molecular flexibility index (Phi) is 6.62. The van der Waals surface area contributed by atoms with E-state index >= 15 is 0 Å². The van der Waals surface area contributed by atoms with Crippen LogP contribution in [-0.4, -0.2) is 16.6 Å². The molecule has 2 aromatic rings. The first-order valence-electron chi connectivity index (χ1n) is 10.1. The molecule has 0 bridgehead atoms. The van der Waals surface area contributed by atoms with Crippen LogP contribution in [0.15, 0.2) is 36.4 Å². The third-order valence-electron chi connectivity index (χ3n) is 5.72. The van der Waals surface area contributed by atoms with Gasteiger partial charge in [0.1, 0.15) is 5.82 Å². The second-order valence-electron chi connectivity index (χ2n) is 8.21. The van der Waals surface area contributed by atoms with Crippen LogP contribution in [0, 0.1) is 29.0 Å². The molecule has 0 radical (unpaired) electrons. The van der Waals surface area contributed by atoms with Gasteiger partial charge in [-0.3, -0.25) is 4.79 Å². The molecule has 2 N–H and O–H groups in total. The van der Waals surface area contributed by atoms with Gasteiger partial charge >= 0.3 is 12.4 Å². The van der Waals surface area contributed by atoms with E-state index in [9.17, 15) is 40.6 Å². The van der Waals surface area contributed by atoms with E-state index in [0.717, 1.165) is 12.1 Å². The highest BCUT2D eigenvalue weighted by molar-refractivity contribution is 6.00. The number of aliphatic hydroxyl groups is 1. The van der Waals surface area contributed by atoms with Crippen LogP contribution in [0.3, 0.4) is 0 Å². The van der Waals surface area contributed by atoms with Crippen molar-refractivity contribution in [2.24, 2.45) is 0 Å². The molecule has 11 heteroatoms. The molecule has 1 aliphatic rings. The lowest BCUT2D eigenvalue weighted by Gasteiger charge is -2.28. The third-order valence-corrected chi connectivity index (χ3v) is 5.72. The van der Waals surface area contributed by atoms with E-state index in [1.54, 1.807) is 0 Å². The molecule has 1 saturated carbocycles. The minimum atomic E-state index is -4.90. The predicted octanol–water partition coefficient (Wildman–Crippen LogP) is 5.55. The Morgan fingerprint density at radius 1 is 1.09 bits per heavy atom. The summed E-state index contributed by atoms with van der Waals surface area (Å²) in [6.07, 6.45) is -9.93. The molecule has 0 aliphatic heterocycles. The largest absolute Gasteiger partial charge is 0.417 e. The number of anilines is 1. The number of amides is 1. The van der Waals surface area contributed by atoms with Crippen LogP contribution in [0.25, 0.3) is 0 Å². The maximum absolute atomic E-state index is 14.5. The number of nitriles is 1. The van der Waals surface area contributed by atoms with Crippen molar-refractivity contribution in [3.8, 4) is 17.9 Å². The van der Waals surface area contributed by atoms with Gasteiger partial charge < -0.3 is 10.4 Å². The molecule has 0 spiro atoms. The lowest BCUT2D eigenvalue weighted by Crippen LogP contribution is -2.44. The highest BCUT2D eigenvalue weighted by Gasteiger charge is 2.54. The zero-order chi connectivity index (χ0) is 26.2. The molecule has 2 aromatic carbocycles. The van der Waals surface area contributed by atoms with Crippen LogP contribution in [-0.2, 0) is 22.6 Å². The second kappa shape index (κ2) is 8.90. The molecule has 0 heterocycles. The first kappa shape index (κ1) is 26.0. The summed E-state index contributed by atoms with van der Waals surface area (Å²) in [5.41, 5.74) is -7.72. The van der Waals surface area contributed by atoms with Gasteiger partial charge in [-0.05, 0) is 61.7 Å². The predicted molar refractivity (Wildman–Crippen MR) is 110 cm³/mol. The Labute approximate surface area is 195 Å². The van der Waals surface area contributed by atoms with Gasteiger partial charge in [0, 0.05) is 17.5 Å². The number of nitrogens with zero attached hydrogens (tertiary/aromatic N) is 1. The van der Waals surface area contributed by atoms with Gasteiger partial charge in [-0.25, -0.2) is 4.39 Å². The van der Waals surface area contributed by atoms with Crippen LogP contribution < -0.4 is 5.32 Å². The van der Waals surface area contributed by atoms with E-state index in [1.165, 1.54) is 13.0 Å². The Balaban J connectivity index is 1.94. The number of halogens is 7. The van der Waals surface area contributed by atoms with Crippen molar-refractivity contribution >= 4 is 11.6 Å². The van der Waals surface area contributed by atoms with Crippen LogP contribution in [0.5, 0.6) is 0 Å². The number of carbonyl (C=O) groups is 1. The minimum absolute atomic E-state index is 0.154. The summed E-state index contributed by atoms with van der Waals surface area (Å²) in [4.78, 5) is 12.9. The quantitative estimate of drug-likeness (QED) is 0.420. The van der Waals surface area contributed by atoms with Gasteiger partial charge in [0.05, 0.1) is 22.8 Å². The fraction of sp³-hybridized carbons (Fsp3) is 0.333. The van der Waals surface area contributed by atoms with Crippen LogP contribution >= 0.6 is 0 Å². The van der Waals surface area contributed by atoms with E-state index in [2.05, 4.69) is 17.2 Å². The van der Waals surface area contributed by atoms with Crippen LogP contribution in [0.4, 0.5) is 36.4 Å². The topological polar surface area (TPSA) is 73.1 Å². The van der Waals surface area contributed by atoms with Gasteiger partial charge in [0.25, 0.3) is 5.91 Å². The number of rotatable bonds is 5. The molecule has 1 fully saturated rings. The standard InChI is InChI=1S/C24H17F7N2O2/c1-2-7-22(35,20(34)33-16-5-3-14(12-32)17(11-16)24(29,30)31)13-21(8-9-21)18-10-15(23(26,27)28)4-6-19(18)25/h3-6,10-11,35H,8-9,13H2,1H3,(H,33,34). The van der Waals surface area contributed by atoms with Gasteiger partial charge in [0.15, 0.2) is 0 Å². The molecule has 1 aliphatic carbocycles. The van der Waals surface area contributed by atoms with Crippen LogP contribution in [0.2, 0.25) is 0 Å². The van der Waals surface area contributed by atoms with E-state index in [-0.39, 0.29) is 18.4 Å². The normalized spacial score (nSPS) is 16.3. The lowest BCUT2D eigenvalue weighted by atomic mass is 9.82. The van der Waals surface area contributed by atoms with Gasteiger partial charge in [-0.15, -0.1) is 5.92 Å². The van der Waals surface area contributed by atoms with Crippen molar-refractivity contribution in [2.45, 2.75) is 49.6 Å². The summed E-state index contributed by atoms with van der Waals surface area (Å²) in [5, 5.41) is 22.0. The number of alkyl halides is 6. The zero-order valence-corrected chi connectivity index (χ0v) is 18.0. The maximum atomic E-state index is 14.5. The van der Waals surface area contributed by atoms with Crippen LogP contribution in [0.1, 0.15) is 48.4 Å². The Morgan fingerprint density at radius 3 is 2.26 bits per heavy atom. The van der Waals surface area contributed by atoms with Gasteiger partial charge in [0.2, 0.25) is 5.60 Å². The summed E-state index contributed by atoms with van der Waals surface area (Å²) in [7, 11) is 0. The van der Waals surface area contributed by atoms with Crippen molar-refractivity contribution in [1.82, 2.24) is 0 Å². The second-order valence-corrected chi connectivity index (χ2v) is 8.21. The Bertz CT molecular complexity index is 1260. The monoisotopic (exact) mass is 498 g/mol. The van der Waals surface area contributed by atoms with Crippen molar-refractivity contribution in [1.29, 1.82) is 5.26 Å². The first-order chi connectivity index (χ1) is 16.1. The summed E-state index contributed by atoms with van der Waals surface area (Å²) < 4.78 is 93.6. The van der Waals surface area contributed by atoms with Crippen molar-refractivity contribution < 1.29 is 40.6 Å². The number of hydrogen-bond donors (Lipinski definition) is 2. The maximum Gasteiger partial charge on any atom is 0.417 e. The molecule has 35 heavy (non-hydrogen) atoms. The Hall–Kier alpha value is -3.57. The summed E-state index contributed by atoms with van der Waals surface area (Å²) in [5.74, 6) is 2.37. The SMILES string of the molecule is CC#CC(O)(CC1(c2cc(C(F)(F)F)ccc2F)CC1)C(=O)Nc1ccc(C#N)c(C(F)(F)F)c1. The summed E-state index contributed by atoms with van der Waals surface area (Å²) in [6, 6.07) is 5.60. The van der Waals surface area contributed by atoms with Gasteiger partial charge in [-0.2, -0.15) is 31.6 Å². The number of nitrogens with one attached hydrogen (secondary N) is 1. The van der Waals surface area contributed by atoms with E-state index in [1.807, 2.05) is 0 Å². The van der Waals surface area contributed by atoms with Crippen molar-refractivity contribution in [3.05, 3.63) is 64.5 Å². The number of carbonyl (C=O) groups excluding carboxylic acids is 1. The van der Waals surface area contributed by atoms with E-state index in [0.29, 0.717) is 24.3 Å². The van der Waals surface area contributed by atoms with E-state index < -0.39 is 63.9 Å². The fourth-order valence-corrected chi connectivity index (χ4v) is 3.87. The molecular weight excluding hydrogens is 481 g/mol. The molecule has 1 amide bonds. The molecule has 1 unspecified atom stereocenters. The molecule has 184 valence electrons. The average Bonchev–Trinajstić information content (AvgIpc) is 3.52. The lowest BCUT2D eigenvalue weighted by molar-refractivity contribution is -0.138. The highest BCUT2D eigenvalue weighted by Crippen LogP contribution is 2.55. The number of benzene rings is 2. The van der Waals surface area contributed by atoms with Crippen molar-refractivity contribution in [2.75, 3.05) is 5.32 Å². The Morgan fingerprint density at radius 2 is 1.74 bits per heavy atom. The highest BCUT2D eigenvalue weighted by atomic mass is 19.4. The van der Waals surface area contributed by atoms with Gasteiger partial charge in [-0.1, -0.05) is 5.92 Å². The molecule has 4 nitrogen and oxygen atoms in total. The zero-order valence-electron chi connectivity index (χ0n) is 18.0. The molecular formula is C24H17F7N2O2. The van der Waals surface area contributed by atoms with Crippen molar-refractivity contribution in [3.63, 3.8) is 0 Å². The molecule has 3 rings (SSSR count). The fourth-order valence-electron chi connectivity index (χ4n) is 3.87. The summed E-state index contributed by atoms with van der Waals surface area (Å²) in [6.45, 7) is 1.27. The summed E-state index contributed by atoms with van der Waals surface area (Å²) >= 11 is 0. The number of hydrogen-bond acceptors (Lipinski definition) is 3. The smallest absolute Gasteiger partial charge is 0.369 e. The third kappa shape index (κ3) is 5.41. The minimum Gasteiger partial charge on any atom is -0.369 e.